The molecule has 1 N–H and O–H groups in total. The van der Waals surface area contributed by atoms with Crippen molar-refractivity contribution in [2.45, 2.75) is 33.3 Å². The largest absolute Gasteiger partial charge is 0.485 e. The summed E-state index contributed by atoms with van der Waals surface area (Å²) in [6.45, 7) is 6.22. The van der Waals surface area contributed by atoms with Gasteiger partial charge in [-0.05, 0) is 48.2 Å². The molecule has 0 spiro atoms. The maximum absolute atomic E-state index is 12.4. The third kappa shape index (κ3) is 4.44. The van der Waals surface area contributed by atoms with Gasteiger partial charge in [0.15, 0.2) is 5.76 Å². The Morgan fingerprint density at radius 2 is 2.17 bits per heavy atom. The maximum Gasteiger partial charge on any atom is 0.292 e. The number of hydrogen-bond donors (Lipinski definition) is 1. The molecule has 0 saturated carbocycles. The molecule has 1 amide bonds. The Hall–Kier alpha value is -3.24. The lowest BCUT2D eigenvalue weighted by atomic mass is 10.0. The molecule has 0 radical (unpaired) electrons. The van der Waals surface area contributed by atoms with Crippen LogP contribution < -0.4 is 10.1 Å². The highest BCUT2D eigenvalue weighted by Crippen LogP contribution is 2.32. The molecule has 0 aliphatic carbocycles. The first kappa shape index (κ1) is 20.5. The Labute approximate surface area is 173 Å². The number of carbonyl (C=O) groups is 1. The number of furan rings is 1. The number of ether oxygens (including phenoxy) is 1. The summed E-state index contributed by atoms with van der Waals surface area (Å²) in [5.74, 6) is 1.44. The third-order valence-electron chi connectivity index (χ3n) is 4.46. The minimum Gasteiger partial charge on any atom is -0.485 e. The fourth-order valence-corrected chi connectivity index (χ4v) is 2.98. The predicted octanol–water partition coefficient (Wildman–Crippen LogP) is 4.80. The molecule has 2 heterocycles. The van der Waals surface area contributed by atoms with Crippen LogP contribution in [0.3, 0.4) is 0 Å². The molecule has 0 saturated heterocycles. The van der Waals surface area contributed by atoms with Crippen molar-refractivity contribution in [3.05, 3.63) is 63.7 Å². The monoisotopic (exact) mass is 412 g/mol. The second-order valence-corrected chi connectivity index (χ2v) is 7.35. The highest BCUT2D eigenvalue weighted by molar-refractivity contribution is 6.31. The van der Waals surface area contributed by atoms with Crippen LogP contribution in [-0.4, -0.2) is 15.7 Å². The fraction of sp³-hybridized carbons (Fsp3) is 0.286. The summed E-state index contributed by atoms with van der Waals surface area (Å²) in [6.07, 6.45) is 1.39. The van der Waals surface area contributed by atoms with E-state index in [1.165, 1.54) is 10.9 Å². The molecule has 1 aromatic carbocycles. The number of aromatic nitrogens is 2. The Kier molecular flexibility index (Phi) is 5.95. The first-order valence-corrected chi connectivity index (χ1v) is 9.43. The molecule has 0 atom stereocenters. The number of anilines is 1. The minimum atomic E-state index is -0.471. The number of carbonyl (C=O) groups excluding carboxylic acids is 1. The minimum absolute atomic E-state index is 0.116. The topological polar surface area (TPSA) is 93.1 Å². The summed E-state index contributed by atoms with van der Waals surface area (Å²) in [6, 6.07) is 9.04. The van der Waals surface area contributed by atoms with Gasteiger partial charge in [-0.3, -0.25) is 9.48 Å². The van der Waals surface area contributed by atoms with E-state index >= 15 is 0 Å². The van der Waals surface area contributed by atoms with Gasteiger partial charge >= 0.3 is 0 Å². The lowest BCUT2D eigenvalue weighted by Crippen LogP contribution is -2.14. The molecule has 0 aliphatic rings. The van der Waals surface area contributed by atoms with Crippen molar-refractivity contribution in [1.82, 2.24) is 9.78 Å². The summed E-state index contributed by atoms with van der Waals surface area (Å²) in [4.78, 5) is 12.4. The smallest absolute Gasteiger partial charge is 0.292 e. The first-order valence-electron chi connectivity index (χ1n) is 9.05. The van der Waals surface area contributed by atoms with Gasteiger partial charge in [-0.25, -0.2) is 0 Å². The summed E-state index contributed by atoms with van der Waals surface area (Å²) >= 11 is 6.23. The van der Waals surface area contributed by atoms with Crippen molar-refractivity contribution in [2.75, 3.05) is 5.32 Å². The number of aryl methyl sites for hydroxylation is 2. The van der Waals surface area contributed by atoms with Gasteiger partial charge in [0.25, 0.3) is 5.91 Å². The molecule has 7 nitrogen and oxygen atoms in total. The van der Waals surface area contributed by atoms with Crippen LogP contribution in [0.4, 0.5) is 5.82 Å². The lowest BCUT2D eigenvalue weighted by Gasteiger charge is -2.15. The molecule has 0 unspecified atom stereocenters. The van der Waals surface area contributed by atoms with Gasteiger partial charge in [-0.2, -0.15) is 10.4 Å². The van der Waals surface area contributed by atoms with E-state index in [0.717, 1.165) is 16.9 Å². The third-order valence-corrected chi connectivity index (χ3v) is 4.87. The van der Waals surface area contributed by atoms with Crippen LogP contribution in [0.1, 0.15) is 52.8 Å². The van der Waals surface area contributed by atoms with E-state index in [0.29, 0.717) is 16.6 Å². The van der Waals surface area contributed by atoms with E-state index in [2.05, 4.69) is 24.3 Å². The van der Waals surface area contributed by atoms with Gasteiger partial charge in [-0.1, -0.05) is 25.4 Å². The van der Waals surface area contributed by atoms with Gasteiger partial charge < -0.3 is 14.5 Å². The number of benzene rings is 1. The summed E-state index contributed by atoms with van der Waals surface area (Å²) in [7, 11) is 1.64. The molecule has 3 rings (SSSR count). The zero-order valence-corrected chi connectivity index (χ0v) is 17.4. The van der Waals surface area contributed by atoms with Gasteiger partial charge in [0.05, 0.1) is 6.20 Å². The molecule has 0 fully saturated rings. The van der Waals surface area contributed by atoms with Crippen LogP contribution in [-0.2, 0) is 13.7 Å². The summed E-state index contributed by atoms with van der Waals surface area (Å²) < 4.78 is 13.0. The number of rotatable bonds is 6. The number of amides is 1. The van der Waals surface area contributed by atoms with Gasteiger partial charge in [0, 0.05) is 12.1 Å². The maximum atomic E-state index is 12.4. The molecular formula is C21H21ClN4O3. The van der Waals surface area contributed by atoms with E-state index in [1.54, 1.807) is 19.2 Å². The Morgan fingerprint density at radius 3 is 2.86 bits per heavy atom. The lowest BCUT2D eigenvalue weighted by molar-refractivity contribution is 0.0991. The molecule has 3 aromatic rings. The summed E-state index contributed by atoms with van der Waals surface area (Å²) in [5, 5.41) is 16.4. The average molecular weight is 413 g/mol. The SMILES string of the molecule is Cc1cc(OCc2ccc(C(=O)Nc3c(C#N)cnn3C)o2)c(C(C)C)cc1Cl. The fourth-order valence-electron chi connectivity index (χ4n) is 2.81. The van der Waals surface area contributed by atoms with Crippen LogP contribution in [0.2, 0.25) is 5.02 Å². The van der Waals surface area contributed by atoms with Crippen molar-refractivity contribution in [3.63, 3.8) is 0 Å². The Bertz CT molecular complexity index is 1090. The number of nitrogens with zero attached hydrogens (tertiary/aromatic N) is 3. The highest BCUT2D eigenvalue weighted by atomic mass is 35.5. The van der Waals surface area contributed by atoms with Crippen molar-refractivity contribution < 1.29 is 13.9 Å². The van der Waals surface area contributed by atoms with Crippen LogP contribution in [0.25, 0.3) is 0 Å². The van der Waals surface area contributed by atoms with Crippen molar-refractivity contribution in [1.29, 1.82) is 5.26 Å². The van der Waals surface area contributed by atoms with Crippen LogP contribution in [0.5, 0.6) is 5.75 Å². The van der Waals surface area contributed by atoms with Gasteiger partial charge in [0.2, 0.25) is 0 Å². The molecule has 0 bridgehead atoms. The van der Waals surface area contributed by atoms with Crippen molar-refractivity contribution >= 4 is 23.3 Å². The number of hydrogen-bond acceptors (Lipinski definition) is 5. The molecular weight excluding hydrogens is 392 g/mol. The number of halogens is 1. The Balaban J connectivity index is 1.71. The van der Waals surface area contributed by atoms with Crippen LogP contribution >= 0.6 is 11.6 Å². The molecule has 150 valence electrons. The van der Waals surface area contributed by atoms with E-state index < -0.39 is 5.91 Å². The Morgan fingerprint density at radius 1 is 1.41 bits per heavy atom. The van der Waals surface area contributed by atoms with E-state index in [1.807, 2.05) is 25.1 Å². The quantitative estimate of drug-likeness (QED) is 0.627. The molecule has 29 heavy (non-hydrogen) atoms. The van der Waals surface area contributed by atoms with Gasteiger partial charge in [-0.15, -0.1) is 0 Å². The van der Waals surface area contributed by atoms with E-state index in [9.17, 15) is 4.79 Å². The van der Waals surface area contributed by atoms with Crippen molar-refractivity contribution in [2.24, 2.45) is 7.05 Å². The summed E-state index contributed by atoms with van der Waals surface area (Å²) in [5.41, 5.74) is 2.20. The second-order valence-electron chi connectivity index (χ2n) is 6.94. The first-order chi connectivity index (χ1) is 13.8. The van der Waals surface area contributed by atoms with Crippen LogP contribution in [0.15, 0.2) is 34.9 Å². The van der Waals surface area contributed by atoms with E-state index in [-0.39, 0.29) is 23.8 Å². The highest BCUT2D eigenvalue weighted by Gasteiger charge is 2.17. The number of nitrogens with one attached hydrogen (secondary N) is 1. The molecule has 2 aromatic heterocycles. The number of nitriles is 1. The van der Waals surface area contributed by atoms with Gasteiger partial charge in [0.1, 0.15) is 35.6 Å². The molecule has 0 aliphatic heterocycles. The zero-order chi connectivity index (χ0) is 21.1. The van der Waals surface area contributed by atoms with Crippen molar-refractivity contribution in [3.8, 4) is 11.8 Å². The zero-order valence-electron chi connectivity index (χ0n) is 16.6. The van der Waals surface area contributed by atoms with Crippen LogP contribution in [0, 0.1) is 18.3 Å². The van der Waals surface area contributed by atoms with E-state index in [4.69, 9.17) is 26.0 Å². The second kappa shape index (κ2) is 8.41. The normalized spacial score (nSPS) is 10.8. The predicted molar refractivity (Wildman–Crippen MR) is 109 cm³/mol. The average Bonchev–Trinajstić information content (AvgIpc) is 3.29. The standard InChI is InChI=1S/C21H21ClN4O3/c1-12(2)16-8-17(22)13(3)7-19(16)28-11-15-5-6-18(29-15)21(27)25-20-14(9-23)10-24-26(20)4/h5-8,10,12H,11H2,1-4H3,(H,25,27). The molecule has 8 heteroatoms.